The molecule has 1 heterocycles. The summed E-state index contributed by atoms with van der Waals surface area (Å²) < 4.78 is 0. The average molecular weight is 256 g/mol. The summed E-state index contributed by atoms with van der Waals surface area (Å²) >= 11 is 6.41. The van der Waals surface area contributed by atoms with Crippen molar-refractivity contribution < 1.29 is 4.79 Å². The molecule has 0 aromatic carbocycles. The van der Waals surface area contributed by atoms with Crippen molar-refractivity contribution in [2.75, 3.05) is 13.1 Å². The van der Waals surface area contributed by atoms with E-state index in [-0.39, 0.29) is 5.91 Å². The van der Waals surface area contributed by atoms with Gasteiger partial charge < -0.3 is 10.6 Å². The summed E-state index contributed by atoms with van der Waals surface area (Å²) in [5.41, 5.74) is 6.50. The fourth-order valence-corrected chi connectivity index (χ4v) is 2.14. The Labute approximate surface area is 105 Å². The zero-order chi connectivity index (χ0) is 12.0. The minimum atomic E-state index is 0.136. The molecule has 2 N–H and O–H groups in total. The van der Waals surface area contributed by atoms with Crippen LogP contribution in [0.2, 0.25) is 0 Å². The molecule has 0 aliphatic carbocycles. The lowest BCUT2D eigenvalue weighted by Crippen LogP contribution is -2.34. The van der Waals surface area contributed by atoms with Crippen molar-refractivity contribution in [2.45, 2.75) is 19.8 Å². The van der Waals surface area contributed by atoms with Crippen LogP contribution in [0.5, 0.6) is 0 Å². The number of likely N-dealkylation sites (N-methyl/N-ethyl adjacent to an activating group) is 1. The van der Waals surface area contributed by atoms with E-state index in [4.69, 9.17) is 18.0 Å². The molecule has 0 unspecified atom stereocenters. The highest BCUT2D eigenvalue weighted by Crippen LogP contribution is 2.08. The van der Waals surface area contributed by atoms with Crippen LogP contribution in [0.1, 0.15) is 18.9 Å². The molecule has 1 aromatic heterocycles. The lowest BCUT2D eigenvalue weighted by Gasteiger charge is -2.20. The Bertz CT molecular complexity index is 349. The molecule has 88 valence electrons. The number of nitrogens with zero attached hydrogens (tertiary/aromatic N) is 1. The quantitative estimate of drug-likeness (QED) is 0.790. The first-order valence-corrected chi connectivity index (χ1v) is 6.55. The van der Waals surface area contributed by atoms with E-state index in [1.807, 2.05) is 23.8 Å². The third-order valence-electron chi connectivity index (χ3n) is 2.30. The van der Waals surface area contributed by atoms with Gasteiger partial charge in [0.1, 0.15) is 0 Å². The standard InChI is InChI=1S/C11H16N2OS2/c1-2-13(5-3-10(12)15)11(14)7-9-4-6-16-8-9/h4,6,8H,2-3,5,7H2,1H3,(H2,12,15). The van der Waals surface area contributed by atoms with E-state index in [2.05, 4.69) is 0 Å². The van der Waals surface area contributed by atoms with E-state index in [9.17, 15) is 4.79 Å². The van der Waals surface area contributed by atoms with Crippen LogP contribution < -0.4 is 5.73 Å². The topological polar surface area (TPSA) is 46.3 Å². The zero-order valence-electron chi connectivity index (χ0n) is 9.31. The highest BCUT2D eigenvalue weighted by Gasteiger charge is 2.12. The van der Waals surface area contributed by atoms with Gasteiger partial charge in [-0.3, -0.25) is 4.79 Å². The molecule has 5 heteroatoms. The predicted molar refractivity (Wildman–Crippen MR) is 71.7 cm³/mol. The van der Waals surface area contributed by atoms with Crippen LogP contribution >= 0.6 is 23.6 Å². The number of rotatable bonds is 6. The van der Waals surface area contributed by atoms with Gasteiger partial charge in [-0.25, -0.2) is 0 Å². The summed E-state index contributed by atoms with van der Waals surface area (Å²) in [7, 11) is 0. The number of thiophene rings is 1. The van der Waals surface area contributed by atoms with Gasteiger partial charge in [0.05, 0.1) is 11.4 Å². The van der Waals surface area contributed by atoms with Crippen molar-refractivity contribution in [3.63, 3.8) is 0 Å². The molecule has 0 atom stereocenters. The molecule has 1 amide bonds. The molecule has 1 rings (SSSR count). The van der Waals surface area contributed by atoms with Crippen LogP contribution in [0.15, 0.2) is 16.8 Å². The summed E-state index contributed by atoms with van der Waals surface area (Å²) in [4.78, 5) is 14.1. The molecule has 0 saturated carbocycles. The molecule has 0 aliphatic rings. The predicted octanol–water partition coefficient (Wildman–Crippen LogP) is 1.82. The van der Waals surface area contributed by atoms with Gasteiger partial charge in [-0.05, 0) is 29.3 Å². The number of hydrogen-bond donors (Lipinski definition) is 1. The molecule has 0 spiro atoms. The summed E-state index contributed by atoms with van der Waals surface area (Å²) in [6, 6.07) is 1.98. The zero-order valence-corrected chi connectivity index (χ0v) is 10.9. The molecule has 0 fully saturated rings. The second kappa shape index (κ2) is 6.60. The number of nitrogens with two attached hydrogens (primary N) is 1. The van der Waals surface area contributed by atoms with Gasteiger partial charge in [0.2, 0.25) is 5.91 Å². The van der Waals surface area contributed by atoms with Crippen LogP contribution in [-0.2, 0) is 11.2 Å². The van der Waals surface area contributed by atoms with Crippen LogP contribution in [0, 0.1) is 0 Å². The van der Waals surface area contributed by atoms with Gasteiger partial charge in [0, 0.05) is 19.5 Å². The van der Waals surface area contributed by atoms with Gasteiger partial charge in [0.25, 0.3) is 0 Å². The summed E-state index contributed by atoms with van der Waals surface area (Å²) in [5, 5.41) is 3.98. The summed E-state index contributed by atoms with van der Waals surface area (Å²) in [6.45, 7) is 3.28. The Balaban J connectivity index is 2.46. The third kappa shape index (κ3) is 4.28. The average Bonchev–Trinajstić information content (AvgIpc) is 2.71. The SMILES string of the molecule is CCN(CCC(N)=S)C(=O)Cc1ccsc1. The van der Waals surface area contributed by atoms with E-state index in [1.165, 1.54) is 0 Å². The molecular weight excluding hydrogens is 240 g/mol. The maximum absolute atomic E-state index is 11.9. The summed E-state index contributed by atoms with van der Waals surface area (Å²) in [5.74, 6) is 0.136. The minimum Gasteiger partial charge on any atom is -0.393 e. The van der Waals surface area contributed by atoms with Crippen molar-refractivity contribution in [1.82, 2.24) is 4.90 Å². The number of carbonyl (C=O) groups is 1. The fourth-order valence-electron chi connectivity index (χ4n) is 1.38. The largest absolute Gasteiger partial charge is 0.393 e. The minimum absolute atomic E-state index is 0.136. The highest BCUT2D eigenvalue weighted by molar-refractivity contribution is 7.80. The second-order valence-electron chi connectivity index (χ2n) is 3.50. The van der Waals surface area contributed by atoms with E-state index >= 15 is 0 Å². The number of carbonyl (C=O) groups excluding carboxylic acids is 1. The Kier molecular flexibility index (Phi) is 5.42. The first-order valence-electron chi connectivity index (χ1n) is 5.20. The van der Waals surface area contributed by atoms with Gasteiger partial charge in [0.15, 0.2) is 0 Å². The van der Waals surface area contributed by atoms with Gasteiger partial charge in [-0.15, -0.1) is 0 Å². The number of amides is 1. The molecule has 16 heavy (non-hydrogen) atoms. The van der Waals surface area contributed by atoms with E-state index in [0.29, 0.717) is 30.9 Å². The molecule has 0 aliphatic heterocycles. The molecule has 0 saturated heterocycles. The number of hydrogen-bond acceptors (Lipinski definition) is 3. The maximum atomic E-state index is 11.9. The van der Waals surface area contributed by atoms with Gasteiger partial charge in [-0.2, -0.15) is 11.3 Å². The highest BCUT2D eigenvalue weighted by atomic mass is 32.1. The van der Waals surface area contributed by atoms with E-state index in [0.717, 1.165) is 5.56 Å². The molecule has 0 radical (unpaired) electrons. The van der Waals surface area contributed by atoms with Crippen molar-refractivity contribution >= 4 is 34.5 Å². The Morgan fingerprint density at radius 2 is 2.38 bits per heavy atom. The van der Waals surface area contributed by atoms with Crippen molar-refractivity contribution in [1.29, 1.82) is 0 Å². The third-order valence-corrected chi connectivity index (χ3v) is 3.23. The normalized spacial score (nSPS) is 10.1. The van der Waals surface area contributed by atoms with Crippen molar-refractivity contribution in [3.8, 4) is 0 Å². The van der Waals surface area contributed by atoms with Crippen molar-refractivity contribution in [3.05, 3.63) is 22.4 Å². The van der Waals surface area contributed by atoms with Crippen LogP contribution in [0.4, 0.5) is 0 Å². The first kappa shape index (κ1) is 13.1. The lowest BCUT2D eigenvalue weighted by molar-refractivity contribution is -0.130. The van der Waals surface area contributed by atoms with Gasteiger partial charge in [-0.1, -0.05) is 12.2 Å². The van der Waals surface area contributed by atoms with E-state index < -0.39 is 0 Å². The smallest absolute Gasteiger partial charge is 0.227 e. The Morgan fingerprint density at radius 3 is 2.88 bits per heavy atom. The molecule has 1 aromatic rings. The van der Waals surface area contributed by atoms with Crippen molar-refractivity contribution in [2.24, 2.45) is 5.73 Å². The molecule has 0 bridgehead atoms. The Morgan fingerprint density at radius 1 is 1.62 bits per heavy atom. The summed E-state index contributed by atoms with van der Waals surface area (Å²) in [6.07, 6.45) is 1.06. The molecule has 3 nitrogen and oxygen atoms in total. The van der Waals surface area contributed by atoms with Gasteiger partial charge >= 0.3 is 0 Å². The second-order valence-corrected chi connectivity index (χ2v) is 4.80. The van der Waals surface area contributed by atoms with E-state index in [1.54, 1.807) is 16.2 Å². The first-order chi connectivity index (χ1) is 7.63. The maximum Gasteiger partial charge on any atom is 0.227 e. The van der Waals surface area contributed by atoms with Crippen LogP contribution in [0.25, 0.3) is 0 Å². The fraction of sp³-hybridized carbons (Fsp3) is 0.455. The lowest BCUT2D eigenvalue weighted by atomic mass is 10.2. The van der Waals surface area contributed by atoms with Crippen LogP contribution in [0.3, 0.4) is 0 Å². The Hall–Kier alpha value is -0.940. The number of thiocarbonyl (C=S) groups is 1. The van der Waals surface area contributed by atoms with Crippen LogP contribution in [-0.4, -0.2) is 28.9 Å². The monoisotopic (exact) mass is 256 g/mol. The molecular formula is C11H16N2OS2.